The molecule has 1 fully saturated rings. The molecule has 72 valence electrons. The molecule has 1 aromatic heterocycles. The van der Waals surface area contributed by atoms with Crippen LogP contribution in [-0.4, -0.2) is 28.6 Å². The number of nitrogens with one attached hydrogen (secondary N) is 1. The second-order valence-electron chi connectivity index (χ2n) is 3.78. The van der Waals surface area contributed by atoms with Crippen molar-refractivity contribution in [2.75, 3.05) is 13.6 Å². The first-order chi connectivity index (χ1) is 6.33. The summed E-state index contributed by atoms with van der Waals surface area (Å²) in [6.07, 6.45) is 4.51. The van der Waals surface area contributed by atoms with E-state index in [9.17, 15) is 0 Å². The van der Waals surface area contributed by atoms with Crippen LogP contribution in [0.25, 0.3) is 0 Å². The predicted octanol–water partition coefficient (Wildman–Crippen LogP) is 0.528. The van der Waals surface area contributed by atoms with Crippen molar-refractivity contribution in [3.05, 3.63) is 11.9 Å². The van der Waals surface area contributed by atoms with E-state index in [1.54, 1.807) is 0 Å². The highest BCUT2D eigenvalue weighted by Gasteiger charge is 2.33. The topological polar surface area (TPSA) is 42.7 Å². The Bertz CT molecular complexity index is 281. The lowest BCUT2D eigenvalue weighted by Gasteiger charge is -2.36. The van der Waals surface area contributed by atoms with E-state index in [0.29, 0.717) is 5.92 Å². The van der Waals surface area contributed by atoms with Crippen molar-refractivity contribution < 1.29 is 0 Å². The van der Waals surface area contributed by atoms with E-state index in [1.165, 1.54) is 18.5 Å². The molecule has 4 heteroatoms. The first kappa shape index (κ1) is 8.69. The number of rotatable bonds is 3. The molecule has 13 heavy (non-hydrogen) atoms. The molecule has 2 atom stereocenters. The van der Waals surface area contributed by atoms with Crippen LogP contribution in [0.4, 0.5) is 0 Å². The van der Waals surface area contributed by atoms with E-state index in [2.05, 4.69) is 15.6 Å². The smallest absolute Gasteiger partial charge is 0.0728 e. The zero-order chi connectivity index (χ0) is 9.26. The van der Waals surface area contributed by atoms with Crippen LogP contribution in [0.15, 0.2) is 6.20 Å². The fraction of sp³-hybridized carbons (Fsp3) is 0.778. The standard InChI is InChI=1S/C9H16N4/c1-10-5-7-3-4-8(7)9-6-11-12-13(9)2/h6-8,10H,3-5H2,1-2H3. The van der Waals surface area contributed by atoms with Gasteiger partial charge in [0.15, 0.2) is 0 Å². The van der Waals surface area contributed by atoms with Gasteiger partial charge in [0.1, 0.15) is 0 Å². The van der Waals surface area contributed by atoms with Crippen molar-refractivity contribution in [1.29, 1.82) is 0 Å². The first-order valence-electron chi connectivity index (χ1n) is 4.82. The Kier molecular flexibility index (Phi) is 2.31. The second-order valence-corrected chi connectivity index (χ2v) is 3.78. The van der Waals surface area contributed by atoms with Crippen LogP contribution in [0, 0.1) is 5.92 Å². The van der Waals surface area contributed by atoms with Gasteiger partial charge in [-0.05, 0) is 32.4 Å². The van der Waals surface area contributed by atoms with Gasteiger partial charge < -0.3 is 5.32 Å². The summed E-state index contributed by atoms with van der Waals surface area (Å²) in [6.45, 7) is 1.11. The molecule has 0 aromatic carbocycles. The van der Waals surface area contributed by atoms with Crippen LogP contribution in [0.2, 0.25) is 0 Å². The summed E-state index contributed by atoms with van der Waals surface area (Å²) >= 11 is 0. The van der Waals surface area contributed by atoms with Gasteiger partial charge in [0.25, 0.3) is 0 Å². The molecule has 0 radical (unpaired) electrons. The largest absolute Gasteiger partial charge is 0.319 e. The van der Waals surface area contributed by atoms with Crippen molar-refractivity contribution in [1.82, 2.24) is 20.3 Å². The van der Waals surface area contributed by atoms with E-state index in [1.807, 2.05) is 25.0 Å². The molecule has 0 spiro atoms. The molecule has 2 rings (SSSR count). The van der Waals surface area contributed by atoms with Crippen LogP contribution in [0.1, 0.15) is 24.5 Å². The normalized spacial score (nSPS) is 27.2. The fourth-order valence-corrected chi connectivity index (χ4v) is 2.10. The second kappa shape index (κ2) is 3.46. The molecule has 4 nitrogen and oxygen atoms in total. The lowest BCUT2D eigenvalue weighted by molar-refractivity contribution is 0.240. The number of hydrogen-bond donors (Lipinski definition) is 1. The lowest BCUT2D eigenvalue weighted by Crippen LogP contribution is -2.33. The van der Waals surface area contributed by atoms with E-state index >= 15 is 0 Å². The molecular weight excluding hydrogens is 164 g/mol. The quantitative estimate of drug-likeness (QED) is 0.737. The zero-order valence-corrected chi connectivity index (χ0v) is 8.20. The van der Waals surface area contributed by atoms with Gasteiger partial charge in [-0.3, -0.25) is 4.68 Å². The van der Waals surface area contributed by atoms with Crippen molar-refractivity contribution in [2.45, 2.75) is 18.8 Å². The molecule has 1 heterocycles. The number of aryl methyl sites for hydroxylation is 1. The molecular formula is C9H16N4. The molecule has 0 aliphatic heterocycles. The maximum absolute atomic E-state index is 3.96. The highest BCUT2D eigenvalue weighted by atomic mass is 15.4. The molecule has 1 aromatic rings. The van der Waals surface area contributed by atoms with Crippen molar-refractivity contribution in [2.24, 2.45) is 13.0 Å². The van der Waals surface area contributed by atoms with Gasteiger partial charge in [0.2, 0.25) is 0 Å². The van der Waals surface area contributed by atoms with Crippen molar-refractivity contribution in [3.8, 4) is 0 Å². The number of nitrogens with zero attached hydrogens (tertiary/aromatic N) is 3. The van der Waals surface area contributed by atoms with Gasteiger partial charge in [-0.25, -0.2) is 0 Å². The summed E-state index contributed by atoms with van der Waals surface area (Å²) in [5.74, 6) is 1.45. The van der Waals surface area contributed by atoms with E-state index in [4.69, 9.17) is 0 Å². The minimum absolute atomic E-state index is 0.674. The van der Waals surface area contributed by atoms with E-state index in [0.717, 1.165) is 12.5 Å². The Balaban J connectivity index is 2.06. The monoisotopic (exact) mass is 180 g/mol. The minimum atomic E-state index is 0.674. The molecule has 0 bridgehead atoms. The van der Waals surface area contributed by atoms with E-state index in [-0.39, 0.29) is 0 Å². The Hall–Kier alpha value is -0.900. The molecule has 2 unspecified atom stereocenters. The third-order valence-electron chi connectivity index (χ3n) is 3.01. The van der Waals surface area contributed by atoms with Gasteiger partial charge in [-0.2, -0.15) is 0 Å². The molecule has 1 saturated carbocycles. The Morgan fingerprint density at radius 2 is 2.46 bits per heavy atom. The predicted molar refractivity (Wildman–Crippen MR) is 50.4 cm³/mol. The summed E-state index contributed by atoms with van der Waals surface area (Å²) in [6, 6.07) is 0. The summed E-state index contributed by atoms with van der Waals surface area (Å²) in [7, 11) is 3.98. The molecule has 1 N–H and O–H groups in total. The molecule has 1 aliphatic carbocycles. The van der Waals surface area contributed by atoms with Gasteiger partial charge in [-0.15, -0.1) is 5.10 Å². The van der Waals surface area contributed by atoms with Crippen LogP contribution in [0.3, 0.4) is 0 Å². The molecule has 1 aliphatic rings. The van der Waals surface area contributed by atoms with Gasteiger partial charge >= 0.3 is 0 Å². The van der Waals surface area contributed by atoms with Crippen LogP contribution >= 0.6 is 0 Å². The van der Waals surface area contributed by atoms with Crippen LogP contribution in [0.5, 0.6) is 0 Å². The average molecular weight is 180 g/mol. The van der Waals surface area contributed by atoms with Gasteiger partial charge in [0.05, 0.1) is 11.9 Å². The highest BCUT2D eigenvalue weighted by Crippen LogP contribution is 2.41. The Morgan fingerprint density at radius 1 is 1.62 bits per heavy atom. The number of hydrogen-bond acceptors (Lipinski definition) is 3. The van der Waals surface area contributed by atoms with Crippen LogP contribution in [-0.2, 0) is 7.05 Å². The Morgan fingerprint density at radius 3 is 2.92 bits per heavy atom. The van der Waals surface area contributed by atoms with Gasteiger partial charge in [-0.1, -0.05) is 5.21 Å². The highest BCUT2D eigenvalue weighted by molar-refractivity contribution is 5.10. The third kappa shape index (κ3) is 1.46. The summed E-state index contributed by atoms with van der Waals surface area (Å²) in [5.41, 5.74) is 1.28. The first-order valence-corrected chi connectivity index (χ1v) is 4.82. The third-order valence-corrected chi connectivity index (χ3v) is 3.01. The maximum atomic E-state index is 3.96. The van der Waals surface area contributed by atoms with Crippen LogP contribution < -0.4 is 5.32 Å². The number of aromatic nitrogens is 3. The molecule has 0 amide bonds. The fourth-order valence-electron chi connectivity index (χ4n) is 2.10. The lowest BCUT2D eigenvalue weighted by atomic mass is 9.72. The zero-order valence-electron chi connectivity index (χ0n) is 8.20. The Labute approximate surface area is 78.3 Å². The maximum Gasteiger partial charge on any atom is 0.0728 e. The summed E-state index contributed by atoms with van der Waals surface area (Å²) < 4.78 is 1.90. The summed E-state index contributed by atoms with van der Waals surface area (Å²) in [4.78, 5) is 0. The summed E-state index contributed by atoms with van der Waals surface area (Å²) in [5, 5.41) is 11.1. The molecule has 0 saturated heterocycles. The van der Waals surface area contributed by atoms with Gasteiger partial charge in [0, 0.05) is 13.0 Å². The minimum Gasteiger partial charge on any atom is -0.319 e. The average Bonchev–Trinajstić information content (AvgIpc) is 2.46. The van der Waals surface area contributed by atoms with Crippen molar-refractivity contribution >= 4 is 0 Å². The SMILES string of the molecule is CNCC1CCC1c1cnnn1C. The van der Waals surface area contributed by atoms with E-state index < -0.39 is 0 Å². The van der Waals surface area contributed by atoms with Crippen molar-refractivity contribution in [3.63, 3.8) is 0 Å².